The SMILES string of the molecule is CCOC(=O)[C@@H](C)Oc1ccc(C=Nn2c(-c3cc(C(C)C)c(OCC)cc3C)nc3ccccc3c2=O)cc1Br. The van der Waals surface area contributed by atoms with Crippen LogP contribution in [0.2, 0.25) is 0 Å². The van der Waals surface area contributed by atoms with E-state index < -0.39 is 12.1 Å². The fourth-order valence-electron chi connectivity index (χ4n) is 4.39. The van der Waals surface area contributed by atoms with Crippen molar-refractivity contribution in [3.63, 3.8) is 0 Å². The van der Waals surface area contributed by atoms with E-state index >= 15 is 0 Å². The Morgan fingerprint density at radius 2 is 1.80 bits per heavy atom. The summed E-state index contributed by atoms with van der Waals surface area (Å²) in [7, 11) is 0. The standard InChI is InChI=1S/C32H34BrN3O5/c1-7-39-29-15-20(5)25(17-24(29)19(3)4)30-35-27-12-10-9-11-23(27)31(37)36(30)34-18-22-13-14-28(26(33)16-22)41-21(6)32(38)40-8-2/h9-19,21H,7-8H2,1-6H3/t21-/m1/s1. The molecule has 1 aromatic heterocycles. The Balaban J connectivity index is 1.79. The predicted molar refractivity (Wildman–Crippen MR) is 165 cm³/mol. The Hall–Kier alpha value is -3.98. The van der Waals surface area contributed by atoms with Gasteiger partial charge in [-0.2, -0.15) is 9.78 Å². The first-order valence-electron chi connectivity index (χ1n) is 13.6. The molecule has 0 unspecified atom stereocenters. The molecule has 0 radical (unpaired) electrons. The largest absolute Gasteiger partial charge is 0.494 e. The Kier molecular flexibility index (Phi) is 9.60. The average Bonchev–Trinajstić information content (AvgIpc) is 2.94. The number of fused-ring (bicyclic) bond motifs is 1. The molecule has 0 fully saturated rings. The van der Waals surface area contributed by atoms with Crippen LogP contribution < -0.4 is 15.0 Å². The molecule has 0 aliphatic rings. The number of aromatic nitrogens is 2. The number of ether oxygens (including phenoxy) is 3. The molecule has 0 spiro atoms. The summed E-state index contributed by atoms with van der Waals surface area (Å²) in [5.41, 5.74) is 3.79. The second-order valence-electron chi connectivity index (χ2n) is 9.81. The van der Waals surface area contributed by atoms with E-state index in [1.54, 1.807) is 44.3 Å². The minimum absolute atomic E-state index is 0.199. The van der Waals surface area contributed by atoms with Gasteiger partial charge in [-0.05, 0) is 109 Å². The molecule has 0 saturated heterocycles. The summed E-state index contributed by atoms with van der Waals surface area (Å²) in [4.78, 5) is 30.6. The van der Waals surface area contributed by atoms with Crippen LogP contribution >= 0.6 is 15.9 Å². The van der Waals surface area contributed by atoms with E-state index in [-0.39, 0.29) is 18.1 Å². The lowest BCUT2D eigenvalue weighted by molar-refractivity contribution is -0.150. The molecule has 0 amide bonds. The molecular formula is C32H34BrN3O5. The van der Waals surface area contributed by atoms with E-state index in [9.17, 15) is 9.59 Å². The van der Waals surface area contributed by atoms with Gasteiger partial charge in [-0.1, -0.05) is 26.0 Å². The van der Waals surface area contributed by atoms with Crippen molar-refractivity contribution in [1.82, 2.24) is 9.66 Å². The Bertz CT molecular complexity index is 1660. The van der Waals surface area contributed by atoms with Crippen molar-refractivity contribution in [1.29, 1.82) is 0 Å². The summed E-state index contributed by atoms with van der Waals surface area (Å²) in [5, 5.41) is 5.08. The lowest BCUT2D eigenvalue weighted by atomic mass is 9.96. The molecule has 1 atom stereocenters. The van der Waals surface area contributed by atoms with Gasteiger partial charge in [0.15, 0.2) is 11.9 Å². The number of para-hydroxylation sites is 1. The molecule has 0 aliphatic carbocycles. The number of esters is 1. The van der Waals surface area contributed by atoms with Crippen LogP contribution in [-0.4, -0.2) is 41.2 Å². The van der Waals surface area contributed by atoms with Crippen LogP contribution in [0.1, 0.15) is 57.2 Å². The van der Waals surface area contributed by atoms with Gasteiger partial charge in [-0.25, -0.2) is 9.78 Å². The summed E-state index contributed by atoms with van der Waals surface area (Å²) >= 11 is 3.51. The van der Waals surface area contributed by atoms with E-state index in [2.05, 4.69) is 34.9 Å². The van der Waals surface area contributed by atoms with Crippen LogP contribution in [0.5, 0.6) is 11.5 Å². The monoisotopic (exact) mass is 619 g/mol. The fraction of sp³-hybridized carbons (Fsp3) is 0.312. The maximum atomic E-state index is 13.7. The van der Waals surface area contributed by atoms with Gasteiger partial charge in [0.2, 0.25) is 0 Å². The van der Waals surface area contributed by atoms with Crippen LogP contribution in [-0.2, 0) is 9.53 Å². The van der Waals surface area contributed by atoms with Crippen LogP contribution in [0.15, 0.2) is 69.0 Å². The summed E-state index contributed by atoms with van der Waals surface area (Å²) < 4.78 is 18.7. The highest BCUT2D eigenvalue weighted by Gasteiger charge is 2.19. The molecule has 0 aliphatic heterocycles. The molecule has 4 rings (SSSR count). The van der Waals surface area contributed by atoms with E-state index in [1.165, 1.54) is 4.68 Å². The predicted octanol–water partition coefficient (Wildman–Crippen LogP) is 6.87. The minimum atomic E-state index is -0.760. The molecule has 3 aromatic carbocycles. The van der Waals surface area contributed by atoms with Gasteiger partial charge in [0.25, 0.3) is 5.56 Å². The molecule has 0 N–H and O–H groups in total. The fourth-order valence-corrected chi connectivity index (χ4v) is 4.88. The zero-order valence-corrected chi connectivity index (χ0v) is 25.7. The number of hydrogen-bond acceptors (Lipinski definition) is 7. The molecule has 0 saturated carbocycles. The number of rotatable bonds is 10. The number of benzene rings is 3. The average molecular weight is 621 g/mol. The Morgan fingerprint density at radius 3 is 2.49 bits per heavy atom. The van der Waals surface area contributed by atoms with Crippen molar-refractivity contribution in [2.75, 3.05) is 13.2 Å². The molecule has 214 valence electrons. The molecule has 9 heteroatoms. The molecule has 41 heavy (non-hydrogen) atoms. The molecule has 1 heterocycles. The zero-order chi connectivity index (χ0) is 29.7. The van der Waals surface area contributed by atoms with Crippen LogP contribution in [0.3, 0.4) is 0 Å². The molecular weight excluding hydrogens is 586 g/mol. The molecule has 8 nitrogen and oxygen atoms in total. The minimum Gasteiger partial charge on any atom is -0.494 e. The first kappa shape index (κ1) is 30.0. The van der Waals surface area contributed by atoms with E-state index in [1.807, 2.05) is 44.2 Å². The summed E-state index contributed by atoms with van der Waals surface area (Å²) in [6.45, 7) is 12.4. The number of aryl methyl sites for hydroxylation is 1. The van der Waals surface area contributed by atoms with Crippen molar-refractivity contribution in [2.45, 2.75) is 53.6 Å². The highest BCUT2D eigenvalue weighted by Crippen LogP contribution is 2.34. The second-order valence-corrected chi connectivity index (χ2v) is 10.7. The number of hydrogen-bond donors (Lipinski definition) is 0. The zero-order valence-electron chi connectivity index (χ0n) is 24.1. The number of nitrogens with zero attached hydrogens (tertiary/aromatic N) is 3. The lowest BCUT2D eigenvalue weighted by Gasteiger charge is -2.18. The lowest BCUT2D eigenvalue weighted by Crippen LogP contribution is -2.26. The number of halogens is 1. The maximum Gasteiger partial charge on any atom is 0.347 e. The van der Waals surface area contributed by atoms with Gasteiger partial charge in [-0.15, -0.1) is 0 Å². The normalized spacial score (nSPS) is 12.2. The third kappa shape index (κ3) is 6.68. The van der Waals surface area contributed by atoms with Crippen molar-refractivity contribution in [3.8, 4) is 22.9 Å². The summed E-state index contributed by atoms with van der Waals surface area (Å²) in [6.07, 6.45) is 0.835. The van der Waals surface area contributed by atoms with Gasteiger partial charge in [-0.3, -0.25) is 4.79 Å². The third-order valence-electron chi connectivity index (χ3n) is 6.47. The van der Waals surface area contributed by atoms with Gasteiger partial charge >= 0.3 is 5.97 Å². The van der Waals surface area contributed by atoms with Gasteiger partial charge < -0.3 is 14.2 Å². The Labute approximate surface area is 248 Å². The highest BCUT2D eigenvalue weighted by atomic mass is 79.9. The van der Waals surface area contributed by atoms with Crippen molar-refractivity contribution >= 4 is 39.0 Å². The topological polar surface area (TPSA) is 92.0 Å². The number of carbonyl (C=O) groups excluding carboxylic acids is 1. The number of carbonyl (C=O) groups is 1. The van der Waals surface area contributed by atoms with Gasteiger partial charge in [0.05, 0.1) is 34.8 Å². The highest BCUT2D eigenvalue weighted by molar-refractivity contribution is 9.10. The van der Waals surface area contributed by atoms with E-state index in [4.69, 9.17) is 19.2 Å². The smallest absolute Gasteiger partial charge is 0.347 e. The first-order valence-corrected chi connectivity index (χ1v) is 14.4. The summed E-state index contributed by atoms with van der Waals surface area (Å²) in [5.74, 6) is 1.51. The first-order chi connectivity index (χ1) is 19.6. The quantitative estimate of drug-likeness (QED) is 0.142. The molecule has 4 aromatic rings. The Morgan fingerprint density at radius 1 is 1.05 bits per heavy atom. The van der Waals surface area contributed by atoms with Crippen LogP contribution in [0, 0.1) is 6.92 Å². The van der Waals surface area contributed by atoms with Gasteiger partial charge in [0, 0.05) is 5.56 Å². The van der Waals surface area contributed by atoms with E-state index in [0.717, 1.165) is 22.4 Å². The van der Waals surface area contributed by atoms with Gasteiger partial charge in [0.1, 0.15) is 11.5 Å². The summed E-state index contributed by atoms with van der Waals surface area (Å²) in [6, 6.07) is 16.6. The molecule has 0 bridgehead atoms. The van der Waals surface area contributed by atoms with Crippen molar-refractivity contribution < 1.29 is 19.0 Å². The third-order valence-corrected chi connectivity index (χ3v) is 7.09. The second kappa shape index (κ2) is 13.1. The van der Waals surface area contributed by atoms with Crippen LogP contribution in [0.25, 0.3) is 22.3 Å². The van der Waals surface area contributed by atoms with Crippen molar-refractivity contribution in [3.05, 3.63) is 86.1 Å². The maximum absolute atomic E-state index is 13.7. The van der Waals surface area contributed by atoms with Crippen molar-refractivity contribution in [2.24, 2.45) is 5.10 Å². The van der Waals surface area contributed by atoms with Crippen LogP contribution in [0.4, 0.5) is 0 Å². The van der Waals surface area contributed by atoms with E-state index in [0.29, 0.717) is 39.1 Å².